The normalized spacial score (nSPS) is 11.4. The Hall–Kier alpha value is -3.23. The molecule has 0 aliphatic carbocycles. The number of carbonyl (C=O) groups excluding carboxylic acids is 2. The van der Waals surface area contributed by atoms with Gasteiger partial charge >= 0.3 is 6.18 Å². The van der Waals surface area contributed by atoms with Crippen LogP contribution in [0.3, 0.4) is 0 Å². The molecule has 0 spiro atoms. The van der Waals surface area contributed by atoms with Crippen molar-refractivity contribution in [2.45, 2.75) is 11.1 Å². The molecule has 0 fully saturated rings. The molecule has 3 aromatic rings. The number of carbonyl (C=O) groups is 2. The van der Waals surface area contributed by atoms with Gasteiger partial charge in [-0.3, -0.25) is 9.59 Å². The number of anilines is 2. The quantitative estimate of drug-likeness (QED) is 0.285. The molecule has 4 nitrogen and oxygen atoms in total. The summed E-state index contributed by atoms with van der Waals surface area (Å²) < 4.78 is 38.5. The van der Waals surface area contributed by atoms with E-state index >= 15 is 0 Å². The first-order valence-electron chi connectivity index (χ1n) is 9.64. The molecule has 0 aliphatic heterocycles. The molecule has 0 heterocycles. The lowest BCUT2D eigenvalue weighted by Gasteiger charge is -2.11. The second-order valence-corrected chi connectivity index (χ2v) is 8.24. The fraction of sp³-hybridized carbons (Fsp3) is 0.0833. The Balaban J connectivity index is 1.51. The number of alkyl halides is 3. The maximum atomic E-state index is 12.8. The Bertz CT molecular complexity index is 1150. The summed E-state index contributed by atoms with van der Waals surface area (Å²) in [6.45, 7) is 0. The molecule has 3 aromatic carbocycles. The lowest BCUT2D eigenvalue weighted by Crippen LogP contribution is -2.15. The zero-order valence-electron chi connectivity index (χ0n) is 17.0. The zero-order valence-corrected chi connectivity index (χ0v) is 18.6. The number of hydrogen-bond acceptors (Lipinski definition) is 3. The fourth-order valence-corrected chi connectivity index (χ4v) is 3.55. The number of thioether (sulfide) groups is 1. The van der Waals surface area contributed by atoms with Crippen LogP contribution in [0.25, 0.3) is 6.08 Å². The Morgan fingerprint density at radius 1 is 0.939 bits per heavy atom. The average molecular weight is 491 g/mol. The van der Waals surface area contributed by atoms with E-state index in [-0.39, 0.29) is 22.4 Å². The van der Waals surface area contributed by atoms with Crippen LogP contribution in [0.2, 0.25) is 5.02 Å². The molecular formula is C24H18ClF3N2O2S. The van der Waals surface area contributed by atoms with Crippen molar-refractivity contribution >= 4 is 52.6 Å². The Labute approximate surface area is 197 Å². The molecule has 0 atom stereocenters. The van der Waals surface area contributed by atoms with Gasteiger partial charge in [-0.15, -0.1) is 11.8 Å². The molecule has 0 saturated heterocycles. The van der Waals surface area contributed by atoms with Crippen molar-refractivity contribution in [3.8, 4) is 0 Å². The molecule has 2 amide bonds. The number of amides is 2. The van der Waals surface area contributed by atoms with E-state index in [2.05, 4.69) is 10.6 Å². The topological polar surface area (TPSA) is 58.2 Å². The van der Waals surface area contributed by atoms with Crippen LogP contribution in [-0.2, 0) is 15.8 Å². The maximum absolute atomic E-state index is 12.8. The van der Waals surface area contributed by atoms with E-state index in [1.807, 2.05) is 30.3 Å². The number of nitrogens with one attached hydrogen (secondary N) is 2. The van der Waals surface area contributed by atoms with E-state index in [1.165, 1.54) is 17.8 Å². The third-order valence-corrected chi connectivity index (χ3v) is 5.63. The van der Waals surface area contributed by atoms with Gasteiger partial charge in [0.15, 0.2) is 0 Å². The highest BCUT2D eigenvalue weighted by atomic mass is 35.5. The molecule has 0 unspecified atom stereocenters. The summed E-state index contributed by atoms with van der Waals surface area (Å²) in [4.78, 5) is 24.9. The Morgan fingerprint density at radius 3 is 2.30 bits per heavy atom. The van der Waals surface area contributed by atoms with E-state index in [1.54, 1.807) is 30.3 Å². The fourth-order valence-electron chi connectivity index (χ4n) is 2.69. The number of halogens is 4. The molecule has 170 valence electrons. The van der Waals surface area contributed by atoms with Gasteiger partial charge in [0.1, 0.15) is 0 Å². The molecule has 3 rings (SSSR count). The summed E-state index contributed by atoms with van der Waals surface area (Å²) in [6, 6.07) is 19.0. The smallest absolute Gasteiger partial charge is 0.324 e. The van der Waals surface area contributed by atoms with Gasteiger partial charge in [-0.25, -0.2) is 0 Å². The van der Waals surface area contributed by atoms with Crippen LogP contribution in [0, 0.1) is 0 Å². The van der Waals surface area contributed by atoms with Crippen LogP contribution in [0.5, 0.6) is 0 Å². The highest BCUT2D eigenvalue weighted by Crippen LogP contribution is 2.34. The minimum atomic E-state index is -4.53. The van der Waals surface area contributed by atoms with Crippen molar-refractivity contribution in [1.82, 2.24) is 0 Å². The van der Waals surface area contributed by atoms with Gasteiger partial charge in [0, 0.05) is 16.7 Å². The van der Waals surface area contributed by atoms with E-state index < -0.39 is 17.6 Å². The van der Waals surface area contributed by atoms with Crippen LogP contribution >= 0.6 is 23.4 Å². The van der Waals surface area contributed by atoms with Gasteiger partial charge in [0.2, 0.25) is 11.8 Å². The zero-order chi connectivity index (χ0) is 23.8. The summed E-state index contributed by atoms with van der Waals surface area (Å²) in [6.07, 6.45) is -1.40. The van der Waals surface area contributed by atoms with Crippen LogP contribution in [0.1, 0.15) is 11.1 Å². The monoisotopic (exact) mass is 490 g/mol. The summed E-state index contributed by atoms with van der Waals surface area (Å²) in [7, 11) is 0. The van der Waals surface area contributed by atoms with Gasteiger partial charge in [-0.2, -0.15) is 13.2 Å². The molecule has 0 radical (unpaired) electrons. The predicted octanol–water partition coefficient (Wildman–Crippen LogP) is 6.74. The second-order valence-electron chi connectivity index (χ2n) is 6.79. The summed E-state index contributed by atoms with van der Waals surface area (Å²) >= 11 is 7.09. The van der Waals surface area contributed by atoms with E-state index in [0.717, 1.165) is 28.7 Å². The third kappa shape index (κ3) is 7.69. The lowest BCUT2D eigenvalue weighted by atomic mass is 10.2. The van der Waals surface area contributed by atoms with Gasteiger partial charge in [0.25, 0.3) is 0 Å². The standard InChI is InChI=1S/C24H18ClF3N2O2S/c25-20-12-7-17(24(26,27)28)14-21(20)30-23(32)15-33-19-10-8-18(9-11-19)29-22(31)13-6-16-4-2-1-3-5-16/h1-14H,15H2,(H,29,31)(H,30,32)/b13-6+. The maximum Gasteiger partial charge on any atom is 0.416 e. The number of benzene rings is 3. The highest BCUT2D eigenvalue weighted by molar-refractivity contribution is 8.00. The van der Waals surface area contributed by atoms with E-state index in [0.29, 0.717) is 5.69 Å². The SMILES string of the molecule is O=C(/C=C/c1ccccc1)Nc1ccc(SCC(=O)Nc2cc(C(F)(F)F)ccc2Cl)cc1. The highest BCUT2D eigenvalue weighted by Gasteiger charge is 2.31. The van der Waals surface area contributed by atoms with Gasteiger partial charge in [0.05, 0.1) is 22.0 Å². The van der Waals surface area contributed by atoms with Gasteiger partial charge in [-0.1, -0.05) is 41.9 Å². The first kappa shape index (κ1) is 24.4. The summed E-state index contributed by atoms with van der Waals surface area (Å²) in [5.74, 6) is -0.806. The molecule has 2 N–H and O–H groups in total. The second kappa shape index (κ2) is 11.1. The number of hydrogen-bond donors (Lipinski definition) is 2. The molecule has 33 heavy (non-hydrogen) atoms. The van der Waals surface area contributed by atoms with E-state index in [4.69, 9.17) is 11.6 Å². The van der Waals surface area contributed by atoms with Crippen LogP contribution < -0.4 is 10.6 Å². The molecule has 0 bridgehead atoms. The molecule has 9 heteroatoms. The molecule has 0 aliphatic rings. The number of rotatable bonds is 7. The van der Waals surface area contributed by atoms with Gasteiger partial charge < -0.3 is 10.6 Å². The van der Waals surface area contributed by atoms with Crippen molar-refractivity contribution in [2.24, 2.45) is 0 Å². The van der Waals surface area contributed by atoms with Crippen molar-refractivity contribution in [3.63, 3.8) is 0 Å². The first-order valence-corrected chi connectivity index (χ1v) is 11.0. The van der Waals surface area contributed by atoms with Gasteiger partial charge in [-0.05, 0) is 54.1 Å². The minimum Gasteiger partial charge on any atom is -0.324 e. The van der Waals surface area contributed by atoms with E-state index in [9.17, 15) is 22.8 Å². The Kier molecular flexibility index (Phi) is 8.19. The lowest BCUT2D eigenvalue weighted by molar-refractivity contribution is -0.137. The molecule has 0 saturated carbocycles. The van der Waals surface area contributed by atoms with Crippen LogP contribution in [-0.4, -0.2) is 17.6 Å². The van der Waals surface area contributed by atoms with Crippen LogP contribution in [0.4, 0.5) is 24.5 Å². The van der Waals surface area contributed by atoms with Crippen molar-refractivity contribution < 1.29 is 22.8 Å². The predicted molar refractivity (Wildman–Crippen MR) is 126 cm³/mol. The minimum absolute atomic E-state index is 0.0164. The third-order valence-electron chi connectivity index (χ3n) is 4.29. The van der Waals surface area contributed by atoms with Crippen molar-refractivity contribution in [3.05, 3.63) is 95.0 Å². The van der Waals surface area contributed by atoms with Crippen LogP contribution in [0.15, 0.2) is 83.8 Å². The molecular weight excluding hydrogens is 473 g/mol. The summed E-state index contributed by atoms with van der Waals surface area (Å²) in [5, 5.41) is 5.16. The van der Waals surface area contributed by atoms with Crippen molar-refractivity contribution in [1.29, 1.82) is 0 Å². The largest absolute Gasteiger partial charge is 0.416 e. The Morgan fingerprint density at radius 2 is 1.64 bits per heavy atom. The first-order chi connectivity index (χ1) is 15.7. The van der Waals surface area contributed by atoms with Crippen molar-refractivity contribution in [2.75, 3.05) is 16.4 Å². The average Bonchev–Trinajstić information content (AvgIpc) is 2.79. The summed E-state index contributed by atoms with van der Waals surface area (Å²) in [5.41, 5.74) is 0.496. The molecule has 0 aromatic heterocycles.